The predicted molar refractivity (Wildman–Crippen MR) is 119 cm³/mol. The first kappa shape index (κ1) is 24.1. The van der Waals surface area contributed by atoms with Crippen LogP contribution in [0.3, 0.4) is 0 Å². The Balaban J connectivity index is 6.85. The van der Waals surface area contributed by atoms with Gasteiger partial charge in [-0.3, -0.25) is 0 Å². The van der Waals surface area contributed by atoms with Crippen molar-refractivity contribution in [1.29, 1.82) is 0 Å². The van der Waals surface area contributed by atoms with E-state index in [1.807, 2.05) is 0 Å². The lowest BCUT2D eigenvalue weighted by Gasteiger charge is -2.62. The molecule has 0 aliphatic carbocycles. The van der Waals surface area contributed by atoms with Crippen LogP contribution in [0.4, 0.5) is 0 Å². The second kappa shape index (κ2) is 9.18. The highest BCUT2D eigenvalue weighted by Gasteiger charge is 2.58. The monoisotopic (exact) mass is 369 g/mol. The Morgan fingerprint density at radius 2 is 0.792 bits per heavy atom. The zero-order valence-corrected chi connectivity index (χ0v) is 20.9. The maximum Gasteiger partial charge on any atom is 0.129 e. The highest BCUT2D eigenvalue weighted by atomic mass is 28.4. The molecule has 0 unspecified atom stereocenters. The first-order valence-corrected chi connectivity index (χ1v) is 14.6. The van der Waals surface area contributed by atoms with Gasteiger partial charge in [0.05, 0.1) is 0 Å². The van der Waals surface area contributed by atoms with Crippen LogP contribution in [0.2, 0.25) is 33.2 Å². The van der Waals surface area contributed by atoms with Gasteiger partial charge in [0.15, 0.2) is 0 Å². The fourth-order valence-electron chi connectivity index (χ4n) is 6.65. The van der Waals surface area contributed by atoms with Crippen LogP contribution >= 0.6 is 0 Å². The summed E-state index contributed by atoms with van der Waals surface area (Å²) in [6.07, 6.45) is 2.20. The Kier molecular flexibility index (Phi) is 9.23. The van der Waals surface area contributed by atoms with Crippen LogP contribution in [0.25, 0.3) is 0 Å². The molecule has 0 bridgehead atoms. The van der Waals surface area contributed by atoms with Crippen molar-refractivity contribution in [3.63, 3.8) is 0 Å². The Bertz CT molecular complexity index is 308. The van der Waals surface area contributed by atoms with E-state index in [2.05, 4.69) is 100.0 Å². The van der Waals surface area contributed by atoms with Gasteiger partial charge in [0, 0.05) is 6.54 Å². The second-order valence-corrected chi connectivity index (χ2v) is 21.6. The zero-order valence-electron chi connectivity index (χ0n) is 18.9. The van der Waals surface area contributed by atoms with Crippen LogP contribution in [0.15, 0.2) is 12.7 Å². The van der Waals surface area contributed by atoms with Gasteiger partial charge in [0.1, 0.15) is 16.5 Å². The molecular weight excluding hydrogens is 322 g/mol. The van der Waals surface area contributed by atoms with E-state index in [1.54, 1.807) is 0 Å². The molecule has 0 aliphatic rings. The summed E-state index contributed by atoms with van der Waals surface area (Å²) in [5.74, 6) is 0. The van der Waals surface area contributed by atoms with E-state index in [-0.39, 0.29) is 0 Å². The molecule has 3 heteroatoms. The van der Waals surface area contributed by atoms with E-state index >= 15 is 0 Å². The number of rotatable bonds is 10. The smallest absolute Gasteiger partial charge is 0.129 e. The minimum atomic E-state index is -1.68. The van der Waals surface area contributed by atoms with E-state index < -0.39 is 16.5 Å². The molecule has 0 aliphatic heterocycles. The third-order valence-electron chi connectivity index (χ3n) is 6.80. The Morgan fingerprint density at radius 3 is 0.917 bits per heavy atom. The maximum absolute atomic E-state index is 4.19. The minimum Gasteiger partial charge on any atom is -0.341 e. The van der Waals surface area contributed by atoms with Crippen LogP contribution in [0.5, 0.6) is 0 Å². The average molecular weight is 370 g/mol. The van der Waals surface area contributed by atoms with Crippen LogP contribution in [-0.2, 0) is 0 Å². The first-order chi connectivity index (χ1) is 10.9. The summed E-state index contributed by atoms with van der Waals surface area (Å²) < 4.78 is 3.16. The molecule has 144 valence electrons. The molecule has 0 heterocycles. The van der Waals surface area contributed by atoms with Gasteiger partial charge in [-0.25, -0.2) is 0 Å². The van der Waals surface area contributed by atoms with Gasteiger partial charge in [0.25, 0.3) is 0 Å². The molecule has 0 aromatic carbocycles. The predicted octanol–water partition coefficient (Wildman–Crippen LogP) is 7.83. The van der Waals surface area contributed by atoms with Gasteiger partial charge in [-0.05, 0) is 33.2 Å². The highest BCUT2D eigenvalue weighted by Crippen LogP contribution is 2.53. The lowest BCUT2D eigenvalue weighted by molar-refractivity contribution is 0.534. The topological polar surface area (TPSA) is 3.24 Å². The van der Waals surface area contributed by atoms with Crippen molar-refractivity contribution in [3.05, 3.63) is 12.7 Å². The quantitative estimate of drug-likeness (QED) is 0.280. The van der Waals surface area contributed by atoms with Crippen molar-refractivity contribution >= 4 is 16.5 Å². The Morgan fingerprint density at radius 1 is 0.583 bits per heavy atom. The molecule has 0 aromatic rings. The minimum absolute atomic E-state index is 0.764. The van der Waals surface area contributed by atoms with Crippen LogP contribution < -0.4 is 0 Å². The standard InChI is InChI=1S/C21H47NSi2/c1-14-15-22(23(16(2)3,17(4)5)18(6)7)24(19(8)9,20(10)11)21(12)13/h14,16-21H,1,15H2,2-13H3. The van der Waals surface area contributed by atoms with E-state index in [0.29, 0.717) is 0 Å². The summed E-state index contributed by atoms with van der Waals surface area (Å²) in [5.41, 5.74) is 4.59. The van der Waals surface area contributed by atoms with Crippen LogP contribution in [0, 0.1) is 0 Å². The molecule has 0 amide bonds. The van der Waals surface area contributed by atoms with Crippen LogP contribution in [-0.4, -0.2) is 27.2 Å². The molecular formula is C21H47NSi2. The average Bonchev–Trinajstić information content (AvgIpc) is 2.37. The summed E-state index contributed by atoms with van der Waals surface area (Å²) >= 11 is 0. The summed E-state index contributed by atoms with van der Waals surface area (Å²) in [5, 5.41) is 0. The normalized spacial score (nSPS) is 14.3. The molecule has 0 rings (SSSR count). The van der Waals surface area contributed by atoms with Crippen molar-refractivity contribution in [2.24, 2.45) is 0 Å². The molecule has 0 fully saturated rings. The molecule has 0 saturated carbocycles. The van der Waals surface area contributed by atoms with Crippen molar-refractivity contribution in [1.82, 2.24) is 4.23 Å². The fourth-order valence-corrected chi connectivity index (χ4v) is 26.6. The van der Waals surface area contributed by atoms with Crippen molar-refractivity contribution in [2.75, 3.05) is 6.54 Å². The molecule has 1 nitrogen and oxygen atoms in total. The van der Waals surface area contributed by atoms with Crippen molar-refractivity contribution in [2.45, 2.75) is 116 Å². The molecule has 0 spiro atoms. The summed E-state index contributed by atoms with van der Waals surface area (Å²) in [4.78, 5) is 0. The summed E-state index contributed by atoms with van der Waals surface area (Å²) in [7, 11) is -3.36. The molecule has 0 atom stereocenters. The van der Waals surface area contributed by atoms with Crippen molar-refractivity contribution < 1.29 is 0 Å². The zero-order chi connectivity index (χ0) is 19.5. The lowest BCUT2D eigenvalue weighted by atomic mass is 10.5. The lowest BCUT2D eigenvalue weighted by Crippen LogP contribution is -2.73. The van der Waals surface area contributed by atoms with E-state index in [1.165, 1.54) is 0 Å². The highest BCUT2D eigenvalue weighted by molar-refractivity contribution is 6.96. The first-order valence-electron chi connectivity index (χ1n) is 10.2. The molecule has 0 saturated heterocycles. The fraction of sp³-hybridized carbons (Fsp3) is 0.905. The van der Waals surface area contributed by atoms with Crippen LogP contribution in [0.1, 0.15) is 83.1 Å². The molecule has 0 N–H and O–H groups in total. The van der Waals surface area contributed by atoms with E-state index in [4.69, 9.17) is 0 Å². The van der Waals surface area contributed by atoms with Gasteiger partial charge in [-0.1, -0.05) is 89.2 Å². The third kappa shape index (κ3) is 3.78. The molecule has 0 radical (unpaired) electrons. The SMILES string of the molecule is C=CCN([Si](C(C)C)(C(C)C)C(C)C)[Si](C(C)C)(C(C)C)C(C)C. The molecule has 24 heavy (non-hydrogen) atoms. The number of hydrogen-bond donors (Lipinski definition) is 0. The van der Waals surface area contributed by atoms with Gasteiger partial charge < -0.3 is 4.23 Å². The Labute approximate surface area is 156 Å². The summed E-state index contributed by atoms with van der Waals surface area (Å²) in [6.45, 7) is 35.3. The second-order valence-electron chi connectivity index (χ2n) is 9.60. The molecule has 0 aromatic heterocycles. The van der Waals surface area contributed by atoms with Crippen molar-refractivity contribution in [3.8, 4) is 0 Å². The third-order valence-corrected chi connectivity index (χ3v) is 22.5. The number of nitrogens with zero attached hydrogens (tertiary/aromatic N) is 1. The van der Waals surface area contributed by atoms with E-state index in [9.17, 15) is 0 Å². The largest absolute Gasteiger partial charge is 0.341 e. The van der Waals surface area contributed by atoms with Gasteiger partial charge in [-0.15, -0.1) is 6.58 Å². The van der Waals surface area contributed by atoms with Gasteiger partial charge in [-0.2, -0.15) is 0 Å². The van der Waals surface area contributed by atoms with Gasteiger partial charge >= 0.3 is 0 Å². The van der Waals surface area contributed by atoms with Gasteiger partial charge in [0.2, 0.25) is 0 Å². The Hall–Kier alpha value is 0.134. The summed E-state index contributed by atoms with van der Waals surface area (Å²) in [6, 6.07) is 0. The van der Waals surface area contributed by atoms with E-state index in [0.717, 1.165) is 39.8 Å². The maximum atomic E-state index is 4.19. The number of hydrogen-bond acceptors (Lipinski definition) is 1.